The zero-order chi connectivity index (χ0) is 11.7. The minimum atomic E-state index is 0.00449. The van der Waals surface area contributed by atoms with E-state index in [0.29, 0.717) is 0 Å². The number of nitrogens with two attached hydrogens (primary N) is 1. The number of thiophene rings is 1. The second kappa shape index (κ2) is 4.40. The number of hydrogen-bond donors (Lipinski definition) is 1. The Hall–Kier alpha value is -1.12. The lowest BCUT2D eigenvalue weighted by molar-refractivity contribution is 0.864. The Kier molecular flexibility index (Phi) is 3.13. The smallest absolute Gasteiger partial charge is 0.0562 e. The van der Waals surface area contributed by atoms with Crippen molar-refractivity contribution in [2.75, 3.05) is 0 Å². The fourth-order valence-corrected chi connectivity index (χ4v) is 2.64. The van der Waals surface area contributed by atoms with Crippen LogP contribution in [0.1, 0.15) is 33.2 Å². The molecule has 2 heteroatoms. The third kappa shape index (κ3) is 2.18. The molecule has 0 amide bonds. The van der Waals surface area contributed by atoms with Crippen LogP contribution < -0.4 is 5.73 Å². The highest BCUT2D eigenvalue weighted by molar-refractivity contribution is 7.10. The summed E-state index contributed by atoms with van der Waals surface area (Å²) < 4.78 is 0. The quantitative estimate of drug-likeness (QED) is 0.837. The van der Waals surface area contributed by atoms with Crippen LogP contribution in [0.15, 0.2) is 29.6 Å². The van der Waals surface area contributed by atoms with E-state index in [2.05, 4.69) is 50.4 Å². The molecule has 0 aliphatic heterocycles. The van der Waals surface area contributed by atoms with Gasteiger partial charge in [-0.2, -0.15) is 0 Å². The van der Waals surface area contributed by atoms with Crippen LogP contribution in [0.25, 0.3) is 0 Å². The van der Waals surface area contributed by atoms with Crippen LogP contribution in [0, 0.1) is 20.8 Å². The molecule has 0 fully saturated rings. The standard InChI is InChI=1S/C14H17NS/c1-9-4-5-10(2)13(6-9)14(15)12-7-11(3)16-8-12/h4-8,14H,15H2,1-3H3. The van der Waals surface area contributed by atoms with Gasteiger partial charge in [-0.3, -0.25) is 0 Å². The summed E-state index contributed by atoms with van der Waals surface area (Å²) in [6, 6.07) is 8.64. The van der Waals surface area contributed by atoms with E-state index in [4.69, 9.17) is 5.73 Å². The first-order valence-corrected chi connectivity index (χ1v) is 6.33. The van der Waals surface area contributed by atoms with Crippen molar-refractivity contribution < 1.29 is 0 Å². The van der Waals surface area contributed by atoms with E-state index in [-0.39, 0.29) is 6.04 Å². The molecule has 1 atom stereocenters. The molecule has 2 rings (SSSR count). The molecule has 2 aromatic rings. The van der Waals surface area contributed by atoms with Crippen molar-refractivity contribution >= 4 is 11.3 Å². The van der Waals surface area contributed by atoms with E-state index >= 15 is 0 Å². The van der Waals surface area contributed by atoms with Crippen molar-refractivity contribution in [1.82, 2.24) is 0 Å². The first-order chi connectivity index (χ1) is 7.58. The van der Waals surface area contributed by atoms with Gasteiger partial charge in [0.25, 0.3) is 0 Å². The molecule has 1 unspecified atom stereocenters. The molecule has 2 N–H and O–H groups in total. The Morgan fingerprint density at radius 1 is 1.12 bits per heavy atom. The zero-order valence-corrected chi connectivity index (χ0v) is 10.8. The van der Waals surface area contributed by atoms with E-state index in [1.807, 2.05) is 0 Å². The van der Waals surface area contributed by atoms with Gasteiger partial charge in [0.1, 0.15) is 0 Å². The fraction of sp³-hybridized carbons (Fsp3) is 0.286. The highest BCUT2D eigenvalue weighted by atomic mass is 32.1. The number of hydrogen-bond acceptors (Lipinski definition) is 2. The lowest BCUT2D eigenvalue weighted by Crippen LogP contribution is -2.12. The van der Waals surface area contributed by atoms with Gasteiger partial charge in [-0.1, -0.05) is 23.8 Å². The van der Waals surface area contributed by atoms with Crippen LogP contribution in [-0.4, -0.2) is 0 Å². The van der Waals surface area contributed by atoms with E-state index < -0.39 is 0 Å². The SMILES string of the molecule is Cc1ccc(C)c(C(N)c2csc(C)c2)c1. The van der Waals surface area contributed by atoms with E-state index in [9.17, 15) is 0 Å². The Balaban J connectivity index is 2.40. The molecule has 84 valence electrons. The van der Waals surface area contributed by atoms with Gasteiger partial charge in [0.15, 0.2) is 0 Å². The molecular weight excluding hydrogens is 214 g/mol. The van der Waals surface area contributed by atoms with Gasteiger partial charge < -0.3 is 5.73 Å². The molecule has 1 heterocycles. The molecule has 0 aliphatic carbocycles. The highest BCUT2D eigenvalue weighted by Crippen LogP contribution is 2.26. The van der Waals surface area contributed by atoms with Crippen LogP contribution in [0.3, 0.4) is 0 Å². The minimum absolute atomic E-state index is 0.00449. The van der Waals surface area contributed by atoms with Crippen molar-refractivity contribution in [2.24, 2.45) is 5.73 Å². The predicted molar refractivity (Wildman–Crippen MR) is 71.0 cm³/mol. The maximum absolute atomic E-state index is 6.31. The van der Waals surface area contributed by atoms with Gasteiger partial charge in [0, 0.05) is 4.88 Å². The summed E-state index contributed by atoms with van der Waals surface area (Å²) in [5.41, 5.74) is 11.3. The van der Waals surface area contributed by atoms with Crippen LogP contribution in [0.5, 0.6) is 0 Å². The van der Waals surface area contributed by atoms with E-state index in [0.717, 1.165) is 0 Å². The maximum Gasteiger partial charge on any atom is 0.0562 e. The van der Waals surface area contributed by atoms with Gasteiger partial charge >= 0.3 is 0 Å². The summed E-state index contributed by atoms with van der Waals surface area (Å²) in [5.74, 6) is 0. The molecule has 1 nitrogen and oxygen atoms in total. The lowest BCUT2D eigenvalue weighted by Gasteiger charge is -2.14. The van der Waals surface area contributed by atoms with Gasteiger partial charge in [-0.25, -0.2) is 0 Å². The van der Waals surface area contributed by atoms with Crippen LogP contribution in [-0.2, 0) is 0 Å². The van der Waals surface area contributed by atoms with Gasteiger partial charge in [-0.05, 0) is 48.9 Å². The average molecular weight is 231 g/mol. The summed E-state index contributed by atoms with van der Waals surface area (Å²) in [6.45, 7) is 6.34. The molecular formula is C14H17NS. The summed E-state index contributed by atoms with van der Waals surface area (Å²) >= 11 is 1.76. The second-order valence-corrected chi connectivity index (χ2v) is 5.44. The summed E-state index contributed by atoms with van der Waals surface area (Å²) in [6.07, 6.45) is 0. The molecule has 0 aliphatic rings. The summed E-state index contributed by atoms with van der Waals surface area (Å²) in [4.78, 5) is 1.32. The summed E-state index contributed by atoms with van der Waals surface area (Å²) in [7, 11) is 0. The Morgan fingerprint density at radius 3 is 2.50 bits per heavy atom. The third-order valence-corrected chi connectivity index (χ3v) is 3.76. The Labute approximate surface area is 101 Å². The molecule has 0 saturated carbocycles. The number of benzene rings is 1. The van der Waals surface area contributed by atoms with Gasteiger partial charge in [-0.15, -0.1) is 11.3 Å². The second-order valence-electron chi connectivity index (χ2n) is 4.33. The third-order valence-electron chi connectivity index (χ3n) is 2.88. The van der Waals surface area contributed by atoms with Crippen LogP contribution in [0.2, 0.25) is 0 Å². The Morgan fingerprint density at radius 2 is 1.88 bits per heavy atom. The van der Waals surface area contributed by atoms with Crippen molar-refractivity contribution in [2.45, 2.75) is 26.8 Å². The van der Waals surface area contributed by atoms with Crippen molar-refractivity contribution in [3.63, 3.8) is 0 Å². The van der Waals surface area contributed by atoms with Gasteiger partial charge in [0.05, 0.1) is 6.04 Å². The minimum Gasteiger partial charge on any atom is -0.320 e. The maximum atomic E-state index is 6.31. The molecule has 0 spiro atoms. The van der Waals surface area contributed by atoms with E-state index in [1.54, 1.807) is 11.3 Å². The van der Waals surface area contributed by atoms with E-state index in [1.165, 1.54) is 27.1 Å². The zero-order valence-electron chi connectivity index (χ0n) is 9.95. The summed E-state index contributed by atoms with van der Waals surface area (Å²) in [5, 5.41) is 2.15. The first kappa shape index (κ1) is 11.4. The van der Waals surface area contributed by atoms with Crippen molar-refractivity contribution in [3.8, 4) is 0 Å². The molecule has 0 saturated heterocycles. The lowest BCUT2D eigenvalue weighted by atomic mass is 9.96. The van der Waals surface area contributed by atoms with Crippen LogP contribution in [0.4, 0.5) is 0 Å². The molecule has 1 aromatic carbocycles. The molecule has 0 bridgehead atoms. The number of aryl methyl sites for hydroxylation is 3. The Bertz CT molecular complexity index is 499. The first-order valence-electron chi connectivity index (χ1n) is 5.45. The molecule has 1 aromatic heterocycles. The van der Waals surface area contributed by atoms with Gasteiger partial charge in [0.2, 0.25) is 0 Å². The fourth-order valence-electron chi connectivity index (χ4n) is 1.90. The predicted octanol–water partition coefficient (Wildman–Crippen LogP) is 3.72. The topological polar surface area (TPSA) is 26.0 Å². The van der Waals surface area contributed by atoms with Crippen LogP contribution >= 0.6 is 11.3 Å². The normalized spacial score (nSPS) is 12.8. The highest BCUT2D eigenvalue weighted by Gasteiger charge is 2.12. The number of rotatable bonds is 2. The van der Waals surface area contributed by atoms with Crippen molar-refractivity contribution in [3.05, 3.63) is 56.8 Å². The average Bonchev–Trinajstić information content (AvgIpc) is 2.67. The monoisotopic (exact) mass is 231 g/mol. The van der Waals surface area contributed by atoms with Crippen molar-refractivity contribution in [1.29, 1.82) is 0 Å². The largest absolute Gasteiger partial charge is 0.320 e. The molecule has 16 heavy (non-hydrogen) atoms. The molecule has 0 radical (unpaired) electrons.